The monoisotopic (exact) mass is 254 g/mol. The summed E-state index contributed by atoms with van der Waals surface area (Å²) in [7, 11) is 3.03. The predicted molar refractivity (Wildman–Crippen MR) is 64.9 cm³/mol. The summed E-state index contributed by atoms with van der Waals surface area (Å²) < 4.78 is 12.7. The van der Waals surface area contributed by atoms with E-state index in [2.05, 4.69) is 20.7 Å². The Labute approximate surface area is 104 Å². The molecule has 1 heterocycles. The molecule has 4 N–H and O–H groups in total. The molecule has 0 bridgehead atoms. The number of hydrogen-bond acceptors (Lipinski definition) is 4. The standard InChI is InChI=1S/C10H15FN6O/c1-13-9(12)16-10(18)17(14-2)6-8-4-3-7(11)5-15-8/h3-5,14H,6H2,1-2H3,(H3,12,13,16,18). The van der Waals surface area contributed by atoms with Crippen LogP contribution in [0.5, 0.6) is 0 Å². The van der Waals surface area contributed by atoms with Crippen LogP contribution in [0.1, 0.15) is 5.69 Å². The highest BCUT2D eigenvalue weighted by Gasteiger charge is 2.13. The number of halogens is 1. The van der Waals surface area contributed by atoms with Gasteiger partial charge >= 0.3 is 6.03 Å². The zero-order chi connectivity index (χ0) is 13.5. The molecule has 0 unspecified atom stereocenters. The SMILES string of the molecule is C/N=C(/N)NC(=O)N(Cc1ccc(F)cn1)NC. The average molecular weight is 254 g/mol. The number of guanidine groups is 1. The topological polar surface area (TPSA) is 95.6 Å². The number of hydrogen-bond donors (Lipinski definition) is 3. The fourth-order valence-electron chi connectivity index (χ4n) is 1.15. The number of nitrogens with one attached hydrogen (secondary N) is 2. The maximum absolute atomic E-state index is 12.7. The van der Waals surface area contributed by atoms with Crippen LogP contribution < -0.4 is 16.5 Å². The molecule has 0 radical (unpaired) electrons. The number of nitrogens with zero attached hydrogens (tertiary/aromatic N) is 3. The molecule has 2 amide bonds. The minimum absolute atomic E-state index is 0.00677. The molecule has 0 saturated heterocycles. The van der Waals surface area contributed by atoms with Gasteiger partial charge in [0.15, 0.2) is 5.96 Å². The van der Waals surface area contributed by atoms with E-state index in [0.29, 0.717) is 5.69 Å². The largest absolute Gasteiger partial charge is 0.370 e. The van der Waals surface area contributed by atoms with Crippen LogP contribution in [-0.2, 0) is 6.54 Å². The first-order chi connectivity index (χ1) is 8.56. The maximum Gasteiger partial charge on any atom is 0.338 e. The number of nitrogens with two attached hydrogens (primary N) is 1. The van der Waals surface area contributed by atoms with E-state index < -0.39 is 11.8 Å². The number of aliphatic imine (C=N–C) groups is 1. The number of carbonyl (C=O) groups is 1. The Bertz CT molecular complexity index is 432. The second kappa shape index (κ2) is 6.50. The van der Waals surface area contributed by atoms with Crippen molar-refractivity contribution in [3.05, 3.63) is 29.8 Å². The summed E-state index contributed by atoms with van der Waals surface area (Å²) in [6, 6.07) is 2.28. The van der Waals surface area contributed by atoms with Crippen molar-refractivity contribution >= 4 is 12.0 Å². The van der Waals surface area contributed by atoms with Crippen molar-refractivity contribution in [3.63, 3.8) is 0 Å². The third-order valence-electron chi connectivity index (χ3n) is 2.10. The van der Waals surface area contributed by atoms with Crippen LogP contribution in [0, 0.1) is 5.82 Å². The molecular formula is C10H15FN6O. The third-order valence-corrected chi connectivity index (χ3v) is 2.10. The molecule has 1 aromatic heterocycles. The number of aromatic nitrogens is 1. The van der Waals surface area contributed by atoms with Crippen LogP contribution >= 0.6 is 0 Å². The lowest BCUT2D eigenvalue weighted by atomic mass is 10.3. The third kappa shape index (κ3) is 3.98. The van der Waals surface area contributed by atoms with Gasteiger partial charge in [-0.25, -0.2) is 14.6 Å². The van der Waals surface area contributed by atoms with E-state index in [4.69, 9.17) is 5.73 Å². The van der Waals surface area contributed by atoms with Crippen LogP contribution in [0.2, 0.25) is 0 Å². The Kier molecular flexibility index (Phi) is 5.00. The number of pyridine rings is 1. The number of urea groups is 1. The number of carbonyl (C=O) groups excluding carboxylic acids is 1. The van der Waals surface area contributed by atoms with E-state index in [1.807, 2.05) is 0 Å². The van der Waals surface area contributed by atoms with Crippen LogP contribution in [0.15, 0.2) is 23.3 Å². The Hall–Kier alpha value is -2.22. The highest BCUT2D eigenvalue weighted by Crippen LogP contribution is 2.01. The molecule has 1 rings (SSSR count). The molecule has 18 heavy (non-hydrogen) atoms. The molecule has 0 spiro atoms. The molecule has 0 aromatic carbocycles. The average Bonchev–Trinajstić information content (AvgIpc) is 2.37. The first-order valence-electron chi connectivity index (χ1n) is 5.15. The van der Waals surface area contributed by atoms with Crippen molar-refractivity contribution in [1.29, 1.82) is 0 Å². The lowest BCUT2D eigenvalue weighted by Crippen LogP contribution is -2.50. The Morgan fingerprint density at radius 1 is 1.61 bits per heavy atom. The van der Waals surface area contributed by atoms with Crippen molar-refractivity contribution in [1.82, 2.24) is 20.7 Å². The minimum Gasteiger partial charge on any atom is -0.370 e. The van der Waals surface area contributed by atoms with E-state index >= 15 is 0 Å². The lowest BCUT2D eigenvalue weighted by molar-refractivity contribution is 0.178. The molecule has 1 aromatic rings. The molecule has 0 aliphatic carbocycles. The van der Waals surface area contributed by atoms with Gasteiger partial charge in [0.25, 0.3) is 0 Å². The van der Waals surface area contributed by atoms with Gasteiger partial charge in [0, 0.05) is 14.1 Å². The molecule has 0 aliphatic rings. The summed E-state index contributed by atoms with van der Waals surface area (Å²) in [4.78, 5) is 19.2. The van der Waals surface area contributed by atoms with Gasteiger partial charge in [0.05, 0.1) is 18.4 Å². The van der Waals surface area contributed by atoms with Crippen molar-refractivity contribution < 1.29 is 9.18 Å². The predicted octanol–water partition coefficient (Wildman–Crippen LogP) is -0.189. The van der Waals surface area contributed by atoms with Crippen LogP contribution in [0.25, 0.3) is 0 Å². The van der Waals surface area contributed by atoms with Gasteiger partial charge in [-0.05, 0) is 12.1 Å². The maximum atomic E-state index is 12.7. The number of rotatable bonds is 3. The Morgan fingerprint density at radius 2 is 2.33 bits per heavy atom. The molecule has 0 aliphatic heterocycles. The highest BCUT2D eigenvalue weighted by molar-refractivity contribution is 5.94. The van der Waals surface area contributed by atoms with Gasteiger partial charge in [-0.15, -0.1) is 0 Å². The normalized spacial score (nSPS) is 11.2. The van der Waals surface area contributed by atoms with E-state index in [9.17, 15) is 9.18 Å². The molecule has 98 valence electrons. The summed E-state index contributed by atoms with van der Waals surface area (Å²) in [5.74, 6) is -0.422. The quantitative estimate of drug-likeness (QED) is 0.396. The summed E-state index contributed by atoms with van der Waals surface area (Å²) in [6.07, 6.45) is 1.09. The fourth-order valence-corrected chi connectivity index (χ4v) is 1.15. The summed E-state index contributed by atoms with van der Waals surface area (Å²) in [5.41, 5.74) is 8.58. The minimum atomic E-state index is -0.480. The van der Waals surface area contributed by atoms with Crippen molar-refractivity contribution in [2.75, 3.05) is 14.1 Å². The van der Waals surface area contributed by atoms with Crippen LogP contribution in [-0.4, -0.2) is 36.1 Å². The molecule has 8 heteroatoms. The van der Waals surface area contributed by atoms with Gasteiger partial charge in [-0.3, -0.25) is 20.3 Å². The van der Waals surface area contributed by atoms with E-state index in [1.54, 1.807) is 7.05 Å². The second-order valence-electron chi connectivity index (χ2n) is 3.32. The molecular weight excluding hydrogens is 239 g/mol. The smallest absolute Gasteiger partial charge is 0.338 e. The molecule has 0 saturated carbocycles. The first kappa shape index (κ1) is 13.8. The summed E-state index contributed by atoms with van der Waals surface area (Å²) >= 11 is 0. The zero-order valence-electron chi connectivity index (χ0n) is 10.1. The van der Waals surface area contributed by atoms with Crippen molar-refractivity contribution in [2.45, 2.75) is 6.54 Å². The van der Waals surface area contributed by atoms with Crippen LogP contribution in [0.4, 0.5) is 9.18 Å². The Morgan fingerprint density at radius 3 is 2.83 bits per heavy atom. The molecule has 7 nitrogen and oxygen atoms in total. The van der Waals surface area contributed by atoms with Gasteiger partial charge in [0.2, 0.25) is 0 Å². The van der Waals surface area contributed by atoms with Gasteiger partial charge in [-0.2, -0.15) is 0 Å². The highest BCUT2D eigenvalue weighted by atomic mass is 19.1. The van der Waals surface area contributed by atoms with Gasteiger partial charge in [-0.1, -0.05) is 0 Å². The summed E-state index contributed by atoms with van der Waals surface area (Å²) in [5, 5.41) is 3.60. The first-order valence-corrected chi connectivity index (χ1v) is 5.15. The lowest BCUT2D eigenvalue weighted by Gasteiger charge is -2.20. The number of amides is 2. The Balaban J connectivity index is 2.66. The summed E-state index contributed by atoms with van der Waals surface area (Å²) in [6.45, 7) is 0.166. The van der Waals surface area contributed by atoms with E-state index in [1.165, 1.54) is 24.2 Å². The number of hydrazine groups is 1. The van der Waals surface area contributed by atoms with Gasteiger partial charge in [0.1, 0.15) is 5.82 Å². The van der Waals surface area contributed by atoms with Crippen LogP contribution in [0.3, 0.4) is 0 Å². The van der Waals surface area contributed by atoms with Crippen molar-refractivity contribution in [3.8, 4) is 0 Å². The zero-order valence-corrected chi connectivity index (χ0v) is 10.1. The second-order valence-corrected chi connectivity index (χ2v) is 3.32. The molecule has 0 fully saturated rings. The van der Waals surface area contributed by atoms with E-state index in [-0.39, 0.29) is 12.5 Å². The van der Waals surface area contributed by atoms with Crippen molar-refractivity contribution in [2.24, 2.45) is 10.7 Å². The fraction of sp³-hybridized carbons (Fsp3) is 0.300. The van der Waals surface area contributed by atoms with Gasteiger partial charge < -0.3 is 5.73 Å². The van der Waals surface area contributed by atoms with E-state index in [0.717, 1.165) is 6.20 Å². The molecule has 0 atom stereocenters.